The third-order valence-corrected chi connectivity index (χ3v) is 2.88. The van der Waals surface area contributed by atoms with Crippen molar-refractivity contribution in [2.45, 2.75) is 39.7 Å². The fraction of sp³-hybridized carbons (Fsp3) is 0.769. The van der Waals surface area contributed by atoms with Crippen molar-refractivity contribution < 1.29 is 19.6 Å². The molecule has 6 N–H and O–H groups in total. The SMILES string of the molecule is CC(C)CC(CC(=O)NO)C(=O)N[C@@H](C)C(=O)NCCN. The lowest BCUT2D eigenvalue weighted by molar-refractivity contribution is -0.136. The van der Waals surface area contributed by atoms with Crippen molar-refractivity contribution in [3.63, 3.8) is 0 Å². The molecule has 8 nitrogen and oxygen atoms in total. The van der Waals surface area contributed by atoms with Crippen LogP contribution in [0.2, 0.25) is 0 Å². The maximum atomic E-state index is 12.1. The molecule has 0 aliphatic rings. The molecule has 3 amide bonds. The van der Waals surface area contributed by atoms with Crippen LogP contribution in [-0.4, -0.2) is 42.1 Å². The van der Waals surface area contributed by atoms with Crippen LogP contribution in [-0.2, 0) is 14.4 Å². The van der Waals surface area contributed by atoms with E-state index in [1.54, 1.807) is 6.92 Å². The molecule has 0 saturated heterocycles. The molecule has 1 unspecified atom stereocenters. The summed E-state index contributed by atoms with van der Waals surface area (Å²) in [7, 11) is 0. The molecule has 0 fully saturated rings. The number of hydroxylamine groups is 1. The molecule has 0 radical (unpaired) electrons. The van der Waals surface area contributed by atoms with Crippen molar-refractivity contribution in [2.75, 3.05) is 13.1 Å². The Hall–Kier alpha value is -1.67. The van der Waals surface area contributed by atoms with E-state index < -0.39 is 17.9 Å². The van der Waals surface area contributed by atoms with Gasteiger partial charge in [0, 0.05) is 25.4 Å². The van der Waals surface area contributed by atoms with Crippen molar-refractivity contribution in [2.24, 2.45) is 17.6 Å². The second-order valence-electron chi connectivity index (χ2n) is 5.38. The fourth-order valence-electron chi connectivity index (χ4n) is 1.87. The molecule has 122 valence electrons. The average molecular weight is 302 g/mol. The third kappa shape index (κ3) is 8.26. The molecule has 8 heteroatoms. The molecular formula is C13H26N4O4. The van der Waals surface area contributed by atoms with Gasteiger partial charge in [0.2, 0.25) is 17.7 Å². The second kappa shape index (κ2) is 10.1. The first-order valence-corrected chi connectivity index (χ1v) is 7.02. The zero-order valence-corrected chi connectivity index (χ0v) is 12.8. The van der Waals surface area contributed by atoms with E-state index in [1.807, 2.05) is 13.8 Å². The number of carbonyl (C=O) groups is 3. The van der Waals surface area contributed by atoms with Crippen molar-refractivity contribution in [3.05, 3.63) is 0 Å². The first kappa shape index (κ1) is 19.3. The van der Waals surface area contributed by atoms with Crippen molar-refractivity contribution >= 4 is 17.7 Å². The molecule has 0 aliphatic heterocycles. The molecule has 0 bridgehead atoms. The number of hydrogen-bond donors (Lipinski definition) is 5. The average Bonchev–Trinajstić information content (AvgIpc) is 2.42. The van der Waals surface area contributed by atoms with Crippen LogP contribution in [0.4, 0.5) is 0 Å². The predicted molar refractivity (Wildman–Crippen MR) is 77.2 cm³/mol. The van der Waals surface area contributed by atoms with Crippen LogP contribution in [0.15, 0.2) is 0 Å². The van der Waals surface area contributed by atoms with Gasteiger partial charge in [-0.1, -0.05) is 13.8 Å². The van der Waals surface area contributed by atoms with Crippen molar-refractivity contribution in [1.82, 2.24) is 16.1 Å². The highest BCUT2D eigenvalue weighted by Crippen LogP contribution is 2.16. The van der Waals surface area contributed by atoms with E-state index in [0.29, 0.717) is 19.5 Å². The number of amides is 3. The topological polar surface area (TPSA) is 134 Å². The minimum Gasteiger partial charge on any atom is -0.353 e. The van der Waals surface area contributed by atoms with Crippen LogP contribution in [0.25, 0.3) is 0 Å². The Balaban J connectivity index is 4.57. The molecule has 2 atom stereocenters. The predicted octanol–water partition coefficient (Wildman–Crippen LogP) is -0.876. The first-order valence-electron chi connectivity index (χ1n) is 7.02. The molecule has 0 aromatic carbocycles. The van der Waals surface area contributed by atoms with Gasteiger partial charge < -0.3 is 16.4 Å². The number of nitrogens with one attached hydrogen (secondary N) is 3. The van der Waals surface area contributed by atoms with E-state index in [-0.39, 0.29) is 24.2 Å². The standard InChI is InChI=1S/C13H26N4O4/c1-8(2)6-10(7-11(18)17-21)13(20)16-9(3)12(19)15-5-4-14/h8-10,21H,4-7,14H2,1-3H3,(H,15,19)(H,16,20)(H,17,18)/t9-,10?/m0/s1. The van der Waals surface area contributed by atoms with Crippen LogP contribution in [0.5, 0.6) is 0 Å². The lowest BCUT2D eigenvalue weighted by atomic mass is 9.93. The third-order valence-electron chi connectivity index (χ3n) is 2.88. The molecule has 0 aromatic rings. The summed E-state index contributed by atoms with van der Waals surface area (Å²) in [6.45, 7) is 6.06. The minimum absolute atomic E-state index is 0.127. The zero-order valence-electron chi connectivity index (χ0n) is 12.8. The molecule has 0 rings (SSSR count). The smallest absolute Gasteiger partial charge is 0.244 e. The summed E-state index contributed by atoms with van der Waals surface area (Å²) >= 11 is 0. The summed E-state index contributed by atoms with van der Waals surface area (Å²) in [6.07, 6.45) is 0.355. The van der Waals surface area contributed by atoms with Gasteiger partial charge >= 0.3 is 0 Å². The Morgan fingerprint density at radius 3 is 2.24 bits per heavy atom. The molecule has 21 heavy (non-hydrogen) atoms. The van der Waals surface area contributed by atoms with Crippen LogP contribution in [0.1, 0.15) is 33.6 Å². The van der Waals surface area contributed by atoms with Crippen LogP contribution < -0.4 is 21.8 Å². The Kier molecular flexibility index (Phi) is 9.31. The van der Waals surface area contributed by atoms with Gasteiger partial charge in [0.1, 0.15) is 6.04 Å². The molecule has 0 aliphatic carbocycles. The Morgan fingerprint density at radius 1 is 1.14 bits per heavy atom. The normalized spacial score (nSPS) is 13.4. The Bertz CT molecular complexity index is 360. The van der Waals surface area contributed by atoms with Gasteiger partial charge in [-0.15, -0.1) is 0 Å². The molecular weight excluding hydrogens is 276 g/mol. The first-order chi connectivity index (χ1) is 9.81. The van der Waals surface area contributed by atoms with E-state index in [9.17, 15) is 14.4 Å². The van der Waals surface area contributed by atoms with Gasteiger partial charge in [-0.2, -0.15) is 0 Å². The summed E-state index contributed by atoms with van der Waals surface area (Å²) in [5, 5.41) is 13.7. The maximum Gasteiger partial charge on any atom is 0.244 e. The molecule has 0 heterocycles. The Labute approximate surface area is 124 Å². The second-order valence-corrected chi connectivity index (χ2v) is 5.38. The monoisotopic (exact) mass is 302 g/mol. The summed E-state index contributed by atoms with van der Waals surface area (Å²) in [6, 6.07) is -0.712. The quantitative estimate of drug-likeness (QED) is 0.279. The molecule has 0 aromatic heterocycles. The summed E-state index contributed by atoms with van der Waals surface area (Å²) < 4.78 is 0. The van der Waals surface area contributed by atoms with Crippen LogP contribution >= 0.6 is 0 Å². The highest BCUT2D eigenvalue weighted by Gasteiger charge is 2.25. The van der Waals surface area contributed by atoms with Crippen LogP contribution in [0, 0.1) is 11.8 Å². The van der Waals surface area contributed by atoms with E-state index in [0.717, 1.165) is 0 Å². The highest BCUT2D eigenvalue weighted by molar-refractivity contribution is 5.90. The summed E-state index contributed by atoms with van der Waals surface area (Å²) in [5.41, 5.74) is 6.80. The maximum absolute atomic E-state index is 12.1. The number of hydrogen-bond acceptors (Lipinski definition) is 5. The lowest BCUT2D eigenvalue weighted by Gasteiger charge is -2.20. The number of nitrogens with two attached hydrogens (primary N) is 1. The molecule has 0 saturated carbocycles. The van der Waals surface area contributed by atoms with Gasteiger partial charge in [0.25, 0.3) is 0 Å². The van der Waals surface area contributed by atoms with E-state index in [4.69, 9.17) is 10.9 Å². The number of carbonyl (C=O) groups excluding carboxylic acids is 3. The minimum atomic E-state index is -0.712. The van der Waals surface area contributed by atoms with Gasteiger partial charge in [-0.3, -0.25) is 19.6 Å². The largest absolute Gasteiger partial charge is 0.353 e. The van der Waals surface area contributed by atoms with Crippen molar-refractivity contribution in [3.8, 4) is 0 Å². The number of rotatable bonds is 9. The van der Waals surface area contributed by atoms with E-state index in [1.165, 1.54) is 5.48 Å². The Morgan fingerprint density at radius 2 is 1.76 bits per heavy atom. The fourth-order valence-corrected chi connectivity index (χ4v) is 1.87. The summed E-state index contributed by atoms with van der Waals surface area (Å²) in [4.78, 5) is 35.0. The molecule has 0 spiro atoms. The zero-order chi connectivity index (χ0) is 16.4. The lowest BCUT2D eigenvalue weighted by Crippen LogP contribution is -2.48. The summed E-state index contributed by atoms with van der Waals surface area (Å²) in [5.74, 6) is -1.74. The van der Waals surface area contributed by atoms with Crippen molar-refractivity contribution in [1.29, 1.82) is 0 Å². The van der Waals surface area contributed by atoms with Gasteiger partial charge in [-0.25, -0.2) is 5.48 Å². The van der Waals surface area contributed by atoms with E-state index >= 15 is 0 Å². The van der Waals surface area contributed by atoms with Crippen LogP contribution in [0.3, 0.4) is 0 Å². The van der Waals surface area contributed by atoms with Gasteiger partial charge in [0.05, 0.1) is 0 Å². The van der Waals surface area contributed by atoms with E-state index in [2.05, 4.69) is 10.6 Å². The van der Waals surface area contributed by atoms with Gasteiger partial charge in [-0.05, 0) is 19.3 Å². The van der Waals surface area contributed by atoms with Gasteiger partial charge in [0.15, 0.2) is 0 Å². The highest BCUT2D eigenvalue weighted by atomic mass is 16.5.